The van der Waals surface area contributed by atoms with Gasteiger partial charge in [0.2, 0.25) is 5.95 Å². The van der Waals surface area contributed by atoms with Crippen LogP contribution in [0.15, 0.2) is 24.3 Å². The number of hydrogen-bond acceptors (Lipinski definition) is 6. The van der Waals surface area contributed by atoms with Crippen LogP contribution in [0, 0.1) is 5.92 Å². The zero-order valence-corrected chi connectivity index (χ0v) is 15.1. The van der Waals surface area contributed by atoms with Crippen molar-refractivity contribution in [1.82, 2.24) is 9.97 Å². The molecule has 1 atom stereocenters. The summed E-state index contributed by atoms with van der Waals surface area (Å²) in [5, 5.41) is 26.4. The number of nitrogens with one attached hydrogen (secondary N) is 2. The molecule has 1 aromatic heterocycles. The molecule has 0 unspecified atom stereocenters. The van der Waals surface area contributed by atoms with Gasteiger partial charge in [0.05, 0.1) is 24.0 Å². The first-order valence-corrected chi connectivity index (χ1v) is 8.86. The molecule has 6 nitrogen and oxygen atoms in total. The lowest BCUT2D eigenvalue weighted by molar-refractivity contribution is 0.248. The summed E-state index contributed by atoms with van der Waals surface area (Å²) in [5.74, 6) is 1.84. The van der Waals surface area contributed by atoms with Crippen molar-refractivity contribution >= 4 is 29.1 Å². The van der Waals surface area contributed by atoms with Gasteiger partial charge >= 0.3 is 0 Å². The number of halogens is 1. The van der Waals surface area contributed by atoms with Crippen LogP contribution in [0.5, 0.6) is 5.75 Å². The summed E-state index contributed by atoms with van der Waals surface area (Å²) in [6.07, 6.45) is 2.23. The van der Waals surface area contributed by atoms with Crippen molar-refractivity contribution in [2.75, 3.05) is 17.2 Å². The highest BCUT2D eigenvalue weighted by atomic mass is 35.5. The van der Waals surface area contributed by atoms with E-state index in [4.69, 9.17) is 11.6 Å². The highest BCUT2D eigenvalue weighted by Gasteiger charge is 2.27. The maximum Gasteiger partial charge on any atom is 0.225 e. The van der Waals surface area contributed by atoms with Crippen LogP contribution in [-0.2, 0) is 0 Å². The van der Waals surface area contributed by atoms with Crippen LogP contribution in [0.1, 0.15) is 38.3 Å². The van der Waals surface area contributed by atoms with Crippen molar-refractivity contribution in [2.45, 2.75) is 38.6 Å². The monoisotopic (exact) mass is 362 g/mol. The lowest BCUT2D eigenvalue weighted by Crippen LogP contribution is -2.30. The number of aromatic nitrogens is 2. The van der Waals surface area contributed by atoms with Gasteiger partial charge in [-0.15, -0.1) is 0 Å². The Morgan fingerprint density at radius 2 is 2.00 bits per heavy atom. The molecule has 0 radical (unpaired) electrons. The molecular weight excluding hydrogens is 340 g/mol. The second-order valence-electron chi connectivity index (χ2n) is 6.74. The number of benzene rings is 1. The quantitative estimate of drug-likeness (QED) is 0.559. The Bertz CT molecular complexity index is 750. The number of hydrogen-bond donors (Lipinski definition) is 4. The fourth-order valence-electron chi connectivity index (χ4n) is 2.52. The number of phenolic OH excluding ortho intramolecular Hbond substituents is 1. The lowest BCUT2D eigenvalue weighted by Gasteiger charge is -2.20. The third-order valence-corrected chi connectivity index (χ3v) is 4.51. The van der Waals surface area contributed by atoms with Crippen LogP contribution >= 0.6 is 11.6 Å². The van der Waals surface area contributed by atoms with Gasteiger partial charge in [0.1, 0.15) is 11.6 Å². The molecule has 1 saturated carbocycles. The van der Waals surface area contributed by atoms with Gasteiger partial charge in [-0.05, 0) is 37.0 Å². The SMILES string of the molecule is CC(C)[C@H](CO)Nc1nc(Nc2cc(Cl)ccc2O)cc(C2CC2)n1. The smallest absolute Gasteiger partial charge is 0.225 e. The summed E-state index contributed by atoms with van der Waals surface area (Å²) in [7, 11) is 0. The normalized spacial score (nSPS) is 15.2. The molecule has 2 aromatic rings. The van der Waals surface area contributed by atoms with Crippen molar-refractivity contribution in [1.29, 1.82) is 0 Å². The molecule has 1 heterocycles. The number of anilines is 3. The summed E-state index contributed by atoms with van der Waals surface area (Å²) in [6.45, 7) is 4.07. The topological polar surface area (TPSA) is 90.3 Å². The van der Waals surface area contributed by atoms with Crippen LogP contribution in [0.3, 0.4) is 0 Å². The molecule has 0 spiro atoms. The average Bonchev–Trinajstić information content (AvgIpc) is 3.40. The number of phenols is 1. The third-order valence-electron chi connectivity index (χ3n) is 4.28. The number of nitrogens with zero attached hydrogens (tertiary/aromatic N) is 2. The lowest BCUT2D eigenvalue weighted by atomic mass is 10.1. The Hall–Kier alpha value is -2.05. The van der Waals surface area contributed by atoms with E-state index >= 15 is 0 Å². The molecule has 1 aromatic carbocycles. The molecule has 134 valence electrons. The van der Waals surface area contributed by atoms with Crippen molar-refractivity contribution in [3.05, 3.63) is 35.0 Å². The third kappa shape index (κ3) is 4.52. The largest absolute Gasteiger partial charge is 0.506 e. The van der Waals surface area contributed by atoms with E-state index < -0.39 is 0 Å². The molecule has 0 aliphatic heterocycles. The van der Waals surface area contributed by atoms with Gasteiger partial charge in [-0.1, -0.05) is 25.4 Å². The fraction of sp³-hybridized carbons (Fsp3) is 0.444. The summed E-state index contributed by atoms with van der Waals surface area (Å²) in [5.41, 5.74) is 1.45. The minimum Gasteiger partial charge on any atom is -0.506 e. The highest BCUT2D eigenvalue weighted by Crippen LogP contribution is 2.40. The van der Waals surface area contributed by atoms with Crippen LogP contribution < -0.4 is 10.6 Å². The van der Waals surface area contributed by atoms with Crippen LogP contribution in [0.4, 0.5) is 17.5 Å². The molecule has 7 heteroatoms. The Kier molecular flexibility index (Phi) is 5.30. The Morgan fingerprint density at radius 1 is 1.24 bits per heavy atom. The van der Waals surface area contributed by atoms with Crippen LogP contribution in [0.2, 0.25) is 5.02 Å². The van der Waals surface area contributed by atoms with E-state index in [0.29, 0.717) is 28.4 Å². The summed E-state index contributed by atoms with van der Waals surface area (Å²) in [6, 6.07) is 6.58. The number of rotatable bonds is 7. The van der Waals surface area contributed by atoms with Gasteiger partial charge in [0.15, 0.2) is 0 Å². The Labute approximate surface area is 152 Å². The zero-order valence-electron chi connectivity index (χ0n) is 14.3. The second-order valence-corrected chi connectivity index (χ2v) is 7.18. The van der Waals surface area contributed by atoms with E-state index in [1.54, 1.807) is 12.1 Å². The first-order valence-electron chi connectivity index (χ1n) is 8.48. The van der Waals surface area contributed by atoms with Gasteiger partial charge in [-0.2, -0.15) is 4.98 Å². The van der Waals surface area contributed by atoms with E-state index in [2.05, 4.69) is 20.6 Å². The molecule has 1 fully saturated rings. The predicted octanol–water partition coefficient (Wildman–Crippen LogP) is 3.89. The van der Waals surface area contributed by atoms with Gasteiger partial charge in [-0.25, -0.2) is 4.98 Å². The van der Waals surface area contributed by atoms with Gasteiger partial charge in [0.25, 0.3) is 0 Å². The molecule has 0 bridgehead atoms. The van der Waals surface area contributed by atoms with E-state index in [0.717, 1.165) is 18.5 Å². The summed E-state index contributed by atoms with van der Waals surface area (Å²) >= 11 is 6.00. The van der Waals surface area contributed by atoms with E-state index in [1.807, 2.05) is 19.9 Å². The van der Waals surface area contributed by atoms with Crippen LogP contribution in [0.25, 0.3) is 0 Å². The van der Waals surface area contributed by atoms with E-state index in [1.165, 1.54) is 6.07 Å². The molecule has 4 N–H and O–H groups in total. The van der Waals surface area contributed by atoms with E-state index in [-0.39, 0.29) is 24.3 Å². The first kappa shape index (κ1) is 17.8. The number of aromatic hydroxyl groups is 1. The molecule has 0 amide bonds. The number of aliphatic hydroxyl groups is 1. The fourth-order valence-corrected chi connectivity index (χ4v) is 2.69. The number of aliphatic hydroxyl groups excluding tert-OH is 1. The Morgan fingerprint density at radius 3 is 2.64 bits per heavy atom. The standard InChI is InChI=1S/C18H23ClN4O2/c1-10(2)15(9-24)22-18-21-13(11-3-4-11)8-17(23-18)20-14-7-12(19)5-6-16(14)25/h5-8,10-11,15,24-25H,3-4,9H2,1-2H3,(H2,20,21,22,23)/t15-/m0/s1. The predicted molar refractivity (Wildman–Crippen MR) is 99.7 cm³/mol. The molecule has 3 rings (SSSR count). The average molecular weight is 363 g/mol. The van der Waals surface area contributed by atoms with Crippen molar-refractivity contribution < 1.29 is 10.2 Å². The minimum atomic E-state index is -0.123. The second kappa shape index (κ2) is 7.45. The van der Waals surface area contributed by atoms with Gasteiger partial charge < -0.3 is 20.8 Å². The van der Waals surface area contributed by atoms with Gasteiger partial charge in [0, 0.05) is 17.0 Å². The van der Waals surface area contributed by atoms with Crippen LogP contribution in [-0.4, -0.2) is 32.8 Å². The first-order chi connectivity index (χ1) is 12.0. The highest BCUT2D eigenvalue weighted by molar-refractivity contribution is 6.30. The maximum atomic E-state index is 10.00. The summed E-state index contributed by atoms with van der Waals surface area (Å²) in [4.78, 5) is 9.07. The molecule has 25 heavy (non-hydrogen) atoms. The zero-order chi connectivity index (χ0) is 18.0. The minimum absolute atomic E-state index is 0.00647. The molecule has 0 saturated heterocycles. The maximum absolute atomic E-state index is 10.00. The molecule has 1 aliphatic carbocycles. The molecular formula is C18H23ClN4O2. The Balaban J connectivity index is 1.89. The van der Waals surface area contributed by atoms with Crippen molar-refractivity contribution in [3.63, 3.8) is 0 Å². The molecule has 1 aliphatic rings. The summed E-state index contributed by atoms with van der Waals surface area (Å²) < 4.78 is 0. The van der Waals surface area contributed by atoms with Crippen molar-refractivity contribution in [3.8, 4) is 5.75 Å². The van der Waals surface area contributed by atoms with Crippen molar-refractivity contribution in [2.24, 2.45) is 5.92 Å². The van der Waals surface area contributed by atoms with E-state index in [9.17, 15) is 10.2 Å². The van der Waals surface area contributed by atoms with Gasteiger partial charge in [-0.3, -0.25) is 0 Å².